The van der Waals surface area contributed by atoms with Crippen LogP contribution >= 0.6 is 11.6 Å². The van der Waals surface area contributed by atoms with E-state index >= 15 is 0 Å². The molecule has 1 atom stereocenters. The summed E-state index contributed by atoms with van der Waals surface area (Å²) in [6, 6.07) is 9.35. The number of rotatable bonds is 2. The fourth-order valence-electron chi connectivity index (χ4n) is 2.37. The van der Waals surface area contributed by atoms with Crippen LogP contribution in [-0.2, 0) is 6.42 Å². The molecule has 0 spiro atoms. The van der Waals surface area contributed by atoms with E-state index in [2.05, 4.69) is 0 Å². The van der Waals surface area contributed by atoms with Crippen LogP contribution < -0.4 is 4.74 Å². The lowest BCUT2D eigenvalue weighted by molar-refractivity contribution is 0.103. The molecule has 0 saturated carbocycles. The molecule has 0 aromatic heterocycles. The van der Waals surface area contributed by atoms with Crippen molar-refractivity contribution in [3.8, 4) is 5.75 Å². The highest BCUT2D eigenvalue weighted by Gasteiger charge is 2.21. The lowest BCUT2D eigenvalue weighted by Crippen LogP contribution is -2.05. The van der Waals surface area contributed by atoms with Crippen molar-refractivity contribution < 1.29 is 13.9 Å². The molecule has 2 nitrogen and oxygen atoms in total. The van der Waals surface area contributed by atoms with Gasteiger partial charge in [-0.1, -0.05) is 11.6 Å². The van der Waals surface area contributed by atoms with E-state index < -0.39 is 5.82 Å². The van der Waals surface area contributed by atoms with Crippen LogP contribution in [0.3, 0.4) is 0 Å². The Balaban J connectivity index is 1.95. The molecule has 0 amide bonds. The van der Waals surface area contributed by atoms with Crippen molar-refractivity contribution in [2.45, 2.75) is 19.4 Å². The van der Waals surface area contributed by atoms with Gasteiger partial charge < -0.3 is 4.74 Å². The molecule has 0 radical (unpaired) electrons. The van der Waals surface area contributed by atoms with Gasteiger partial charge in [0, 0.05) is 17.5 Å². The van der Waals surface area contributed by atoms with Crippen molar-refractivity contribution in [1.82, 2.24) is 0 Å². The van der Waals surface area contributed by atoms with Crippen LogP contribution in [0.25, 0.3) is 0 Å². The minimum Gasteiger partial charge on any atom is -0.490 e. The second-order valence-electron chi connectivity index (χ2n) is 4.91. The summed E-state index contributed by atoms with van der Waals surface area (Å²) in [5.74, 6) is 0.125. The Morgan fingerprint density at radius 2 is 1.95 bits per heavy atom. The third kappa shape index (κ3) is 2.29. The van der Waals surface area contributed by atoms with E-state index in [1.54, 1.807) is 12.1 Å². The Kier molecular flexibility index (Phi) is 3.22. The lowest BCUT2D eigenvalue weighted by Gasteiger charge is -2.05. The zero-order valence-electron chi connectivity index (χ0n) is 10.8. The quantitative estimate of drug-likeness (QED) is 0.781. The van der Waals surface area contributed by atoms with Crippen LogP contribution in [-0.4, -0.2) is 11.9 Å². The number of hydrogen-bond donors (Lipinski definition) is 0. The first kappa shape index (κ1) is 13.1. The summed E-state index contributed by atoms with van der Waals surface area (Å²) in [5.41, 5.74) is 1.96. The van der Waals surface area contributed by atoms with Gasteiger partial charge in [-0.15, -0.1) is 0 Å². The molecule has 1 unspecified atom stereocenters. The van der Waals surface area contributed by atoms with Gasteiger partial charge >= 0.3 is 0 Å². The number of hydrogen-bond acceptors (Lipinski definition) is 2. The van der Waals surface area contributed by atoms with Gasteiger partial charge in [-0.05, 0) is 48.9 Å². The first-order valence-corrected chi connectivity index (χ1v) is 6.72. The summed E-state index contributed by atoms with van der Waals surface area (Å²) in [6.07, 6.45) is 0.927. The van der Waals surface area contributed by atoms with Crippen LogP contribution in [0.1, 0.15) is 28.4 Å². The molecular weight excluding hydrogens is 279 g/mol. The predicted molar refractivity (Wildman–Crippen MR) is 75.1 cm³/mol. The van der Waals surface area contributed by atoms with Gasteiger partial charge in [-0.2, -0.15) is 0 Å². The van der Waals surface area contributed by atoms with Crippen molar-refractivity contribution in [3.05, 3.63) is 63.9 Å². The summed E-state index contributed by atoms with van der Waals surface area (Å²) in [4.78, 5) is 12.4. The maximum Gasteiger partial charge on any atom is 0.193 e. The Morgan fingerprint density at radius 1 is 1.25 bits per heavy atom. The number of carbonyl (C=O) groups excluding carboxylic acids is 1. The Bertz CT molecular complexity index is 697. The van der Waals surface area contributed by atoms with E-state index in [0.29, 0.717) is 11.1 Å². The van der Waals surface area contributed by atoms with Gasteiger partial charge in [0.25, 0.3) is 0 Å². The first-order chi connectivity index (χ1) is 9.54. The molecule has 0 saturated heterocycles. The maximum atomic E-state index is 13.1. The largest absolute Gasteiger partial charge is 0.490 e. The highest BCUT2D eigenvalue weighted by atomic mass is 35.5. The summed E-state index contributed by atoms with van der Waals surface area (Å²) in [5, 5.41) is -0.0473. The molecule has 20 heavy (non-hydrogen) atoms. The molecule has 1 aliphatic rings. The fourth-order valence-corrected chi connectivity index (χ4v) is 2.55. The molecule has 2 aromatic carbocycles. The smallest absolute Gasteiger partial charge is 0.193 e. The molecule has 1 heterocycles. The zero-order valence-corrected chi connectivity index (χ0v) is 11.6. The van der Waals surface area contributed by atoms with Gasteiger partial charge in [0.1, 0.15) is 17.7 Å². The minimum atomic E-state index is -0.528. The Morgan fingerprint density at radius 3 is 2.70 bits per heavy atom. The van der Waals surface area contributed by atoms with Crippen molar-refractivity contribution in [2.24, 2.45) is 0 Å². The topological polar surface area (TPSA) is 26.3 Å². The van der Waals surface area contributed by atoms with Crippen LogP contribution in [0.2, 0.25) is 5.02 Å². The number of ketones is 1. The van der Waals surface area contributed by atoms with E-state index in [-0.39, 0.29) is 16.9 Å². The fraction of sp³-hybridized carbons (Fsp3) is 0.188. The van der Waals surface area contributed by atoms with Crippen LogP contribution in [0.4, 0.5) is 4.39 Å². The molecule has 3 rings (SSSR count). The van der Waals surface area contributed by atoms with Gasteiger partial charge in [0.2, 0.25) is 0 Å². The van der Waals surface area contributed by atoms with Crippen molar-refractivity contribution in [2.75, 3.05) is 0 Å². The number of ether oxygens (including phenoxy) is 1. The molecule has 4 heteroatoms. The van der Waals surface area contributed by atoms with E-state index in [9.17, 15) is 9.18 Å². The van der Waals surface area contributed by atoms with Crippen molar-refractivity contribution in [3.63, 3.8) is 0 Å². The molecule has 0 bridgehead atoms. The SMILES string of the molecule is CC1Cc2cc(C(=O)c3ccc(F)c(Cl)c3)ccc2O1. The van der Waals surface area contributed by atoms with E-state index in [0.717, 1.165) is 17.7 Å². The Labute approximate surface area is 121 Å². The highest BCUT2D eigenvalue weighted by Crippen LogP contribution is 2.30. The number of carbonyl (C=O) groups is 1. The summed E-state index contributed by atoms with van der Waals surface area (Å²) < 4.78 is 18.7. The van der Waals surface area contributed by atoms with Crippen molar-refractivity contribution >= 4 is 17.4 Å². The summed E-state index contributed by atoms with van der Waals surface area (Å²) >= 11 is 5.71. The second-order valence-corrected chi connectivity index (χ2v) is 5.32. The molecule has 0 N–H and O–H groups in total. The maximum absolute atomic E-state index is 13.1. The normalized spacial score (nSPS) is 16.6. The standard InChI is InChI=1S/C16H12ClFO2/c1-9-6-12-7-10(3-5-15(12)20-9)16(19)11-2-4-14(18)13(17)8-11/h2-5,7-9H,6H2,1H3. The second kappa shape index (κ2) is 4.91. The van der Waals surface area contributed by atoms with Crippen molar-refractivity contribution in [1.29, 1.82) is 0 Å². The van der Waals surface area contributed by atoms with E-state index in [4.69, 9.17) is 16.3 Å². The molecule has 2 aromatic rings. The van der Waals surface area contributed by atoms with E-state index in [1.165, 1.54) is 18.2 Å². The summed E-state index contributed by atoms with van der Waals surface area (Å²) in [7, 11) is 0. The molecule has 102 valence electrons. The lowest BCUT2D eigenvalue weighted by atomic mass is 10.00. The van der Waals surface area contributed by atoms with E-state index in [1.807, 2.05) is 13.0 Å². The predicted octanol–water partition coefficient (Wildman–Crippen LogP) is 4.03. The monoisotopic (exact) mass is 290 g/mol. The molecule has 1 aliphatic heterocycles. The van der Waals surface area contributed by atoms with Crippen LogP contribution in [0, 0.1) is 5.82 Å². The third-order valence-corrected chi connectivity index (χ3v) is 3.63. The number of fused-ring (bicyclic) bond motifs is 1. The average Bonchev–Trinajstić information content (AvgIpc) is 2.80. The number of halogens is 2. The summed E-state index contributed by atoms with van der Waals surface area (Å²) in [6.45, 7) is 1.99. The first-order valence-electron chi connectivity index (χ1n) is 6.34. The van der Waals surface area contributed by atoms with Crippen LogP contribution in [0.15, 0.2) is 36.4 Å². The average molecular weight is 291 g/mol. The minimum absolute atomic E-state index is 0.0473. The third-order valence-electron chi connectivity index (χ3n) is 3.34. The highest BCUT2D eigenvalue weighted by molar-refractivity contribution is 6.31. The Hall–Kier alpha value is -1.87. The molecule has 0 fully saturated rings. The van der Waals surface area contributed by atoms with Gasteiger partial charge in [0.05, 0.1) is 5.02 Å². The zero-order chi connectivity index (χ0) is 14.3. The van der Waals surface area contributed by atoms with Crippen LogP contribution in [0.5, 0.6) is 5.75 Å². The number of benzene rings is 2. The molecular formula is C16H12ClFO2. The van der Waals surface area contributed by atoms with Gasteiger partial charge in [-0.25, -0.2) is 4.39 Å². The van der Waals surface area contributed by atoms with Gasteiger partial charge in [0.15, 0.2) is 5.78 Å². The van der Waals surface area contributed by atoms with Gasteiger partial charge in [-0.3, -0.25) is 4.79 Å². The molecule has 0 aliphatic carbocycles.